The van der Waals surface area contributed by atoms with Crippen LogP contribution in [-0.2, 0) is 0 Å². The normalized spacial score (nSPS) is 10.1. The minimum Gasteiger partial charge on any atom is -0.236 e. The van der Waals surface area contributed by atoms with Gasteiger partial charge < -0.3 is 0 Å². The maximum Gasteiger partial charge on any atom is 0.196 e. The molecule has 2 rings (SSSR count). The topological polar surface area (TPSA) is 51.6 Å². The van der Waals surface area contributed by atoms with E-state index in [-0.39, 0.29) is 0 Å². The molecule has 0 spiro atoms. The van der Waals surface area contributed by atoms with E-state index in [1.807, 2.05) is 13.0 Å². The fourth-order valence-electron chi connectivity index (χ4n) is 1.02. The third-order valence-corrected chi connectivity index (χ3v) is 2.08. The SMILES string of the molecule is Cc1ccnc(-c2cnc(Br)nc2)n1. The van der Waals surface area contributed by atoms with E-state index in [4.69, 9.17) is 0 Å². The van der Waals surface area contributed by atoms with Gasteiger partial charge in [-0.05, 0) is 28.9 Å². The summed E-state index contributed by atoms with van der Waals surface area (Å²) in [5.74, 6) is 0.650. The molecule has 0 N–H and O–H groups in total. The molecule has 0 amide bonds. The molecule has 2 aromatic heterocycles. The summed E-state index contributed by atoms with van der Waals surface area (Å²) in [6.45, 7) is 1.92. The van der Waals surface area contributed by atoms with Crippen molar-refractivity contribution in [1.29, 1.82) is 0 Å². The van der Waals surface area contributed by atoms with Crippen LogP contribution in [0.25, 0.3) is 11.4 Å². The Morgan fingerprint density at radius 3 is 2.50 bits per heavy atom. The van der Waals surface area contributed by atoms with E-state index >= 15 is 0 Å². The molecule has 0 aromatic carbocycles. The van der Waals surface area contributed by atoms with Crippen molar-refractivity contribution in [3.8, 4) is 11.4 Å². The Morgan fingerprint density at radius 2 is 1.86 bits per heavy atom. The molecule has 0 atom stereocenters. The summed E-state index contributed by atoms with van der Waals surface area (Å²) < 4.78 is 0.564. The predicted octanol–water partition coefficient (Wildman–Crippen LogP) is 2.00. The van der Waals surface area contributed by atoms with Gasteiger partial charge in [0.1, 0.15) is 0 Å². The molecule has 0 unspecified atom stereocenters. The zero-order valence-corrected chi connectivity index (χ0v) is 9.06. The van der Waals surface area contributed by atoms with Crippen LogP contribution in [0.3, 0.4) is 0 Å². The second kappa shape index (κ2) is 3.79. The third-order valence-electron chi connectivity index (χ3n) is 1.67. The van der Waals surface area contributed by atoms with Crippen LogP contribution in [0.4, 0.5) is 0 Å². The van der Waals surface area contributed by atoms with Gasteiger partial charge in [-0.3, -0.25) is 0 Å². The fourth-order valence-corrected chi connectivity index (χ4v) is 1.22. The van der Waals surface area contributed by atoms with E-state index in [1.165, 1.54) is 0 Å². The van der Waals surface area contributed by atoms with Crippen molar-refractivity contribution in [2.45, 2.75) is 6.92 Å². The molecular formula is C9H7BrN4. The van der Waals surface area contributed by atoms with Gasteiger partial charge in [0, 0.05) is 24.3 Å². The summed E-state index contributed by atoms with van der Waals surface area (Å²) in [5.41, 5.74) is 1.75. The van der Waals surface area contributed by atoms with Crippen molar-refractivity contribution in [3.05, 3.63) is 35.1 Å². The minimum atomic E-state index is 0.564. The largest absolute Gasteiger partial charge is 0.236 e. The van der Waals surface area contributed by atoms with Crippen molar-refractivity contribution >= 4 is 15.9 Å². The van der Waals surface area contributed by atoms with E-state index in [2.05, 4.69) is 35.9 Å². The smallest absolute Gasteiger partial charge is 0.196 e. The molecule has 0 bridgehead atoms. The van der Waals surface area contributed by atoms with Crippen LogP contribution in [-0.4, -0.2) is 19.9 Å². The molecule has 14 heavy (non-hydrogen) atoms. The molecule has 0 fully saturated rings. The Kier molecular flexibility index (Phi) is 2.49. The molecule has 2 aromatic rings. The molecular weight excluding hydrogens is 244 g/mol. The Morgan fingerprint density at radius 1 is 1.14 bits per heavy atom. The van der Waals surface area contributed by atoms with Crippen LogP contribution in [0.1, 0.15) is 5.69 Å². The van der Waals surface area contributed by atoms with Gasteiger partial charge in [-0.15, -0.1) is 0 Å². The second-order valence-electron chi connectivity index (χ2n) is 2.76. The van der Waals surface area contributed by atoms with Crippen molar-refractivity contribution in [2.24, 2.45) is 0 Å². The lowest BCUT2D eigenvalue weighted by Crippen LogP contribution is -1.92. The monoisotopic (exact) mass is 250 g/mol. The van der Waals surface area contributed by atoms with Gasteiger partial charge in [0.05, 0.1) is 5.56 Å². The summed E-state index contributed by atoms with van der Waals surface area (Å²) >= 11 is 3.17. The Bertz CT molecular complexity index is 441. The van der Waals surface area contributed by atoms with Crippen LogP contribution in [0.15, 0.2) is 29.4 Å². The van der Waals surface area contributed by atoms with Crippen LogP contribution in [0.2, 0.25) is 0 Å². The molecule has 0 radical (unpaired) electrons. The zero-order chi connectivity index (χ0) is 9.97. The van der Waals surface area contributed by atoms with E-state index in [0.717, 1.165) is 11.3 Å². The van der Waals surface area contributed by atoms with Gasteiger partial charge in [0.2, 0.25) is 0 Å². The number of aryl methyl sites for hydroxylation is 1. The van der Waals surface area contributed by atoms with Crippen LogP contribution in [0, 0.1) is 6.92 Å². The van der Waals surface area contributed by atoms with E-state index < -0.39 is 0 Å². The van der Waals surface area contributed by atoms with Gasteiger partial charge >= 0.3 is 0 Å². The number of halogens is 1. The van der Waals surface area contributed by atoms with Crippen LogP contribution in [0.5, 0.6) is 0 Å². The van der Waals surface area contributed by atoms with E-state index in [0.29, 0.717) is 10.6 Å². The highest BCUT2D eigenvalue weighted by molar-refractivity contribution is 9.10. The van der Waals surface area contributed by atoms with Gasteiger partial charge in [-0.25, -0.2) is 19.9 Å². The van der Waals surface area contributed by atoms with Crippen molar-refractivity contribution in [2.75, 3.05) is 0 Å². The lowest BCUT2D eigenvalue weighted by atomic mass is 10.3. The molecule has 0 aliphatic heterocycles. The second-order valence-corrected chi connectivity index (χ2v) is 3.47. The highest BCUT2D eigenvalue weighted by Gasteiger charge is 2.01. The van der Waals surface area contributed by atoms with Crippen LogP contribution < -0.4 is 0 Å². The first-order chi connectivity index (χ1) is 6.75. The molecule has 2 heterocycles. The first kappa shape index (κ1) is 9.21. The molecule has 0 aliphatic rings. The lowest BCUT2D eigenvalue weighted by Gasteiger charge is -1.99. The van der Waals surface area contributed by atoms with Crippen molar-refractivity contribution in [3.63, 3.8) is 0 Å². The highest BCUT2D eigenvalue weighted by Crippen LogP contribution is 2.13. The Hall–Kier alpha value is -1.36. The quantitative estimate of drug-likeness (QED) is 0.727. The first-order valence-corrected chi connectivity index (χ1v) is 4.82. The summed E-state index contributed by atoms with van der Waals surface area (Å²) in [5, 5.41) is 0. The average molecular weight is 251 g/mol. The molecule has 5 heteroatoms. The maximum absolute atomic E-state index is 4.27. The van der Waals surface area contributed by atoms with E-state index in [1.54, 1.807) is 18.6 Å². The zero-order valence-electron chi connectivity index (χ0n) is 7.48. The van der Waals surface area contributed by atoms with Crippen molar-refractivity contribution in [1.82, 2.24) is 19.9 Å². The summed E-state index contributed by atoms with van der Waals surface area (Å²) in [4.78, 5) is 16.4. The first-order valence-electron chi connectivity index (χ1n) is 4.03. The molecule has 4 nitrogen and oxygen atoms in total. The lowest BCUT2D eigenvalue weighted by molar-refractivity contribution is 1.07. The highest BCUT2D eigenvalue weighted by atomic mass is 79.9. The number of rotatable bonds is 1. The number of hydrogen-bond donors (Lipinski definition) is 0. The van der Waals surface area contributed by atoms with Crippen LogP contribution >= 0.6 is 15.9 Å². The summed E-state index contributed by atoms with van der Waals surface area (Å²) in [6, 6.07) is 1.85. The Balaban J connectivity index is 2.44. The van der Waals surface area contributed by atoms with Crippen molar-refractivity contribution < 1.29 is 0 Å². The van der Waals surface area contributed by atoms with E-state index in [9.17, 15) is 0 Å². The van der Waals surface area contributed by atoms with Gasteiger partial charge in [0.25, 0.3) is 0 Å². The predicted molar refractivity (Wildman–Crippen MR) is 55.5 cm³/mol. The molecule has 0 saturated carbocycles. The fraction of sp³-hybridized carbons (Fsp3) is 0.111. The minimum absolute atomic E-state index is 0.564. The standard InChI is InChI=1S/C9H7BrN4/c1-6-2-3-11-8(14-6)7-4-12-9(10)13-5-7/h2-5H,1H3. The summed E-state index contributed by atoms with van der Waals surface area (Å²) in [6.07, 6.45) is 5.09. The number of nitrogens with zero attached hydrogens (tertiary/aromatic N) is 4. The average Bonchev–Trinajstić information content (AvgIpc) is 2.19. The summed E-state index contributed by atoms with van der Waals surface area (Å²) in [7, 11) is 0. The van der Waals surface area contributed by atoms with Gasteiger partial charge in [-0.1, -0.05) is 0 Å². The number of aromatic nitrogens is 4. The molecule has 0 saturated heterocycles. The molecule has 70 valence electrons. The number of hydrogen-bond acceptors (Lipinski definition) is 4. The van der Waals surface area contributed by atoms with Gasteiger partial charge in [-0.2, -0.15) is 0 Å². The molecule has 0 aliphatic carbocycles. The third kappa shape index (κ3) is 1.93. The Labute approximate surface area is 89.6 Å². The maximum atomic E-state index is 4.27. The van der Waals surface area contributed by atoms with Gasteiger partial charge in [0.15, 0.2) is 10.6 Å².